The third kappa shape index (κ3) is 4.71. The molecule has 5 rings (SSSR count). The minimum atomic E-state index is -0.344. The number of hydrogen-bond donors (Lipinski definition) is 2. The number of ether oxygens (including phenoxy) is 1. The van der Waals surface area contributed by atoms with E-state index in [0.717, 1.165) is 42.6 Å². The first-order valence-corrected chi connectivity index (χ1v) is 12.6. The van der Waals surface area contributed by atoms with E-state index in [1.54, 1.807) is 12.1 Å². The number of aromatic amines is 1. The average Bonchev–Trinajstić information content (AvgIpc) is 3.45. The number of amides is 1. The summed E-state index contributed by atoms with van der Waals surface area (Å²) in [5.41, 5.74) is 4.59. The Morgan fingerprint density at radius 2 is 1.81 bits per heavy atom. The van der Waals surface area contributed by atoms with E-state index in [1.165, 1.54) is 5.56 Å². The smallest absolute Gasteiger partial charge is 0.273 e. The number of carbonyl (C=O) groups excluding carboxylic acids is 1. The van der Waals surface area contributed by atoms with Crippen molar-refractivity contribution >= 4 is 5.91 Å². The molecule has 0 saturated heterocycles. The number of carbonyl (C=O) groups is 1. The molecule has 1 aliphatic rings. The minimum absolute atomic E-state index is 0.0885. The Hall–Kier alpha value is -4.06. The summed E-state index contributed by atoms with van der Waals surface area (Å²) in [6.45, 7) is 3.39. The van der Waals surface area contributed by atoms with Gasteiger partial charge in [-0.2, -0.15) is 5.10 Å². The van der Waals surface area contributed by atoms with E-state index < -0.39 is 0 Å². The first-order chi connectivity index (χ1) is 17.7. The van der Waals surface area contributed by atoms with Gasteiger partial charge >= 0.3 is 0 Å². The third-order valence-electron chi connectivity index (χ3n) is 6.70. The van der Waals surface area contributed by atoms with Gasteiger partial charge in [-0.3, -0.25) is 9.89 Å². The quantitative estimate of drug-likeness (QED) is 0.267. The maximum atomic E-state index is 13.6. The fourth-order valence-corrected chi connectivity index (χ4v) is 4.86. The highest BCUT2D eigenvalue weighted by molar-refractivity contribution is 6.00. The van der Waals surface area contributed by atoms with Crippen molar-refractivity contribution in [2.24, 2.45) is 0 Å². The molecule has 0 fully saturated rings. The van der Waals surface area contributed by atoms with E-state index >= 15 is 0 Å². The average molecular weight is 482 g/mol. The van der Waals surface area contributed by atoms with Crippen LogP contribution in [0.2, 0.25) is 0 Å². The molecule has 1 aliphatic heterocycles. The van der Waals surface area contributed by atoms with Gasteiger partial charge in [-0.05, 0) is 48.2 Å². The van der Waals surface area contributed by atoms with Crippen LogP contribution in [-0.2, 0) is 6.42 Å². The van der Waals surface area contributed by atoms with Gasteiger partial charge in [0.15, 0.2) is 0 Å². The third-order valence-corrected chi connectivity index (χ3v) is 6.70. The Labute approximate surface area is 211 Å². The van der Waals surface area contributed by atoms with E-state index in [-0.39, 0.29) is 17.7 Å². The number of fused-ring (bicyclic) bond motifs is 1. The highest BCUT2D eigenvalue weighted by Gasteiger charge is 2.42. The molecule has 1 amide bonds. The van der Waals surface area contributed by atoms with Crippen LogP contribution in [0.25, 0.3) is 11.3 Å². The van der Waals surface area contributed by atoms with Gasteiger partial charge < -0.3 is 14.7 Å². The lowest BCUT2D eigenvalue weighted by Gasteiger charge is -2.27. The molecule has 0 unspecified atom stereocenters. The van der Waals surface area contributed by atoms with Crippen molar-refractivity contribution in [2.75, 3.05) is 13.2 Å². The predicted octanol–water partition coefficient (Wildman–Crippen LogP) is 6.14. The number of aromatic hydroxyl groups is 1. The van der Waals surface area contributed by atoms with Gasteiger partial charge in [0.1, 0.15) is 22.9 Å². The molecule has 2 heterocycles. The Kier molecular flexibility index (Phi) is 7.03. The van der Waals surface area contributed by atoms with E-state index in [4.69, 9.17) is 4.74 Å². The molecule has 4 aromatic rings. The molecule has 0 radical (unpaired) electrons. The van der Waals surface area contributed by atoms with Gasteiger partial charge in [-0.15, -0.1) is 0 Å². The molecule has 1 aromatic heterocycles. The predicted molar refractivity (Wildman–Crippen MR) is 140 cm³/mol. The second kappa shape index (κ2) is 10.7. The lowest BCUT2D eigenvalue weighted by atomic mass is 9.95. The standard InChI is InChI=1S/C30H31N3O3/c1-2-3-9-19-36-23-14-10-13-22(20-23)29-26-27(24-15-7-8-16-25(24)34)31-32-28(26)30(35)33(29)18-17-21-11-5-4-6-12-21/h4-8,10-16,20,29,34H,2-3,9,17-19H2,1H3,(H,31,32)/t29-/m1/s1. The summed E-state index contributed by atoms with van der Waals surface area (Å²) in [4.78, 5) is 15.5. The normalized spacial score (nSPS) is 14.8. The molecule has 6 heteroatoms. The van der Waals surface area contributed by atoms with Gasteiger partial charge in [0.25, 0.3) is 5.91 Å². The van der Waals surface area contributed by atoms with Gasteiger partial charge in [0.05, 0.1) is 12.6 Å². The Morgan fingerprint density at radius 3 is 2.61 bits per heavy atom. The summed E-state index contributed by atoms with van der Waals surface area (Å²) in [5.74, 6) is 0.836. The van der Waals surface area contributed by atoms with Crippen molar-refractivity contribution in [1.82, 2.24) is 15.1 Å². The highest BCUT2D eigenvalue weighted by atomic mass is 16.5. The van der Waals surface area contributed by atoms with E-state index in [2.05, 4.69) is 29.3 Å². The summed E-state index contributed by atoms with van der Waals surface area (Å²) in [6, 6.07) is 24.9. The van der Waals surface area contributed by atoms with Crippen LogP contribution in [0, 0.1) is 0 Å². The number of unbranched alkanes of at least 4 members (excludes halogenated alkanes) is 2. The zero-order valence-electron chi connectivity index (χ0n) is 20.5. The van der Waals surface area contributed by atoms with E-state index in [1.807, 2.05) is 59.5 Å². The number of rotatable bonds is 10. The summed E-state index contributed by atoms with van der Waals surface area (Å²) in [6.07, 6.45) is 4.02. The van der Waals surface area contributed by atoms with Crippen molar-refractivity contribution in [2.45, 2.75) is 38.6 Å². The number of phenolic OH excluding ortho intramolecular Hbond substituents is 1. The molecule has 6 nitrogen and oxygen atoms in total. The van der Waals surface area contributed by atoms with Crippen molar-refractivity contribution in [3.63, 3.8) is 0 Å². The lowest BCUT2D eigenvalue weighted by molar-refractivity contribution is 0.0745. The van der Waals surface area contributed by atoms with Crippen LogP contribution in [0.4, 0.5) is 0 Å². The monoisotopic (exact) mass is 481 g/mol. The van der Waals surface area contributed by atoms with Gasteiger partial charge in [-0.1, -0.05) is 74.4 Å². The topological polar surface area (TPSA) is 78.5 Å². The SMILES string of the molecule is CCCCCOc1cccc([C@@H]2c3c(-c4ccccc4O)n[nH]c3C(=O)N2CCc2ccccc2)c1. The zero-order chi connectivity index (χ0) is 24.9. The second-order valence-corrected chi connectivity index (χ2v) is 9.14. The van der Waals surface area contributed by atoms with Crippen LogP contribution >= 0.6 is 0 Å². The van der Waals surface area contributed by atoms with Crippen molar-refractivity contribution in [3.8, 4) is 22.8 Å². The molecule has 1 atom stereocenters. The molecular formula is C30H31N3O3. The maximum Gasteiger partial charge on any atom is 0.273 e. The van der Waals surface area contributed by atoms with Gasteiger partial charge in [-0.25, -0.2) is 0 Å². The number of phenols is 1. The minimum Gasteiger partial charge on any atom is -0.507 e. The van der Waals surface area contributed by atoms with Crippen molar-refractivity contribution < 1.29 is 14.6 Å². The molecule has 0 bridgehead atoms. The molecule has 3 aromatic carbocycles. The lowest BCUT2D eigenvalue weighted by Crippen LogP contribution is -2.31. The van der Waals surface area contributed by atoms with Crippen LogP contribution in [0.5, 0.6) is 11.5 Å². The van der Waals surface area contributed by atoms with Crippen LogP contribution in [0.15, 0.2) is 78.9 Å². The first kappa shape index (κ1) is 23.7. The molecule has 36 heavy (non-hydrogen) atoms. The number of H-pyrrole nitrogens is 1. The Balaban J connectivity index is 1.53. The molecule has 0 saturated carbocycles. The number of nitrogens with zero attached hydrogens (tertiary/aromatic N) is 2. The zero-order valence-corrected chi connectivity index (χ0v) is 20.5. The number of hydrogen-bond acceptors (Lipinski definition) is 4. The molecule has 2 N–H and O–H groups in total. The van der Waals surface area contributed by atoms with Crippen molar-refractivity contribution in [3.05, 3.63) is 101 Å². The maximum absolute atomic E-state index is 13.6. The molecular weight excluding hydrogens is 450 g/mol. The van der Waals surface area contributed by atoms with E-state index in [9.17, 15) is 9.90 Å². The van der Waals surface area contributed by atoms with Crippen LogP contribution in [0.3, 0.4) is 0 Å². The summed E-state index contributed by atoms with van der Waals surface area (Å²) in [5, 5.41) is 18.0. The molecule has 0 spiro atoms. The van der Waals surface area contributed by atoms with Crippen LogP contribution in [0.1, 0.15) is 59.4 Å². The summed E-state index contributed by atoms with van der Waals surface area (Å²) >= 11 is 0. The fraction of sp³-hybridized carbons (Fsp3) is 0.267. The number of nitrogens with one attached hydrogen (secondary N) is 1. The second-order valence-electron chi connectivity index (χ2n) is 9.14. The van der Waals surface area contributed by atoms with E-state index in [0.29, 0.717) is 30.1 Å². The van der Waals surface area contributed by atoms with Crippen LogP contribution in [-0.4, -0.2) is 39.3 Å². The number of para-hydroxylation sites is 1. The number of aromatic nitrogens is 2. The number of benzene rings is 3. The fourth-order valence-electron chi connectivity index (χ4n) is 4.86. The highest BCUT2D eigenvalue weighted by Crippen LogP contribution is 2.44. The van der Waals surface area contributed by atoms with Crippen LogP contribution < -0.4 is 4.74 Å². The van der Waals surface area contributed by atoms with Gasteiger partial charge in [0.2, 0.25) is 0 Å². The Morgan fingerprint density at radius 1 is 1.00 bits per heavy atom. The largest absolute Gasteiger partial charge is 0.507 e. The summed E-state index contributed by atoms with van der Waals surface area (Å²) < 4.78 is 6.04. The summed E-state index contributed by atoms with van der Waals surface area (Å²) in [7, 11) is 0. The molecule has 0 aliphatic carbocycles. The first-order valence-electron chi connectivity index (χ1n) is 12.6. The van der Waals surface area contributed by atoms with Gasteiger partial charge in [0, 0.05) is 17.7 Å². The van der Waals surface area contributed by atoms with Crippen molar-refractivity contribution in [1.29, 1.82) is 0 Å². The molecule has 184 valence electrons. The Bertz CT molecular complexity index is 1330.